The van der Waals surface area contributed by atoms with Crippen LogP contribution in [0, 0.1) is 6.92 Å². The minimum atomic E-state index is -3.88. The zero-order valence-corrected chi connectivity index (χ0v) is 17.3. The number of pyridine rings is 1. The fourth-order valence-corrected chi connectivity index (χ4v) is 4.07. The van der Waals surface area contributed by atoms with E-state index >= 15 is 0 Å². The van der Waals surface area contributed by atoms with E-state index in [1.165, 1.54) is 6.21 Å². The molecule has 0 atom stereocenters. The predicted molar refractivity (Wildman–Crippen MR) is 115 cm³/mol. The first kappa shape index (κ1) is 21.4. The van der Waals surface area contributed by atoms with Crippen LogP contribution >= 0.6 is 0 Å². The van der Waals surface area contributed by atoms with Crippen molar-refractivity contribution >= 4 is 22.1 Å². The molecule has 0 aliphatic carbocycles. The number of carbonyl (C=O) groups is 1. The van der Waals surface area contributed by atoms with Crippen LogP contribution in [0.3, 0.4) is 0 Å². The van der Waals surface area contributed by atoms with Crippen LogP contribution < -0.4 is 5.43 Å². The maximum Gasteiger partial charge on any atom is 0.255 e. The summed E-state index contributed by atoms with van der Waals surface area (Å²) in [6.45, 7) is 1.57. The number of sulfonamides is 1. The first-order valence-electron chi connectivity index (χ1n) is 9.29. The first-order valence-corrected chi connectivity index (χ1v) is 10.7. The molecule has 1 heterocycles. The largest absolute Gasteiger partial charge is 0.272 e. The van der Waals surface area contributed by atoms with Crippen molar-refractivity contribution in [1.29, 1.82) is 0 Å². The monoisotopic (exact) mass is 422 g/mol. The van der Waals surface area contributed by atoms with Gasteiger partial charge in [-0.3, -0.25) is 9.78 Å². The Morgan fingerprint density at radius 1 is 1.03 bits per heavy atom. The molecule has 0 unspecified atom stereocenters. The molecule has 0 bridgehead atoms. The molecule has 2 aromatic carbocycles. The fraction of sp³-hybridized carbons (Fsp3) is 0.136. The Kier molecular flexibility index (Phi) is 7.05. The van der Waals surface area contributed by atoms with Crippen molar-refractivity contribution in [2.45, 2.75) is 18.4 Å². The SMILES string of the molecule is Cc1ccc(S(=O)(=O)N(CC(=O)N/N=C\c2ccccn2)Cc2ccccc2)cc1. The van der Waals surface area contributed by atoms with Crippen molar-refractivity contribution in [1.82, 2.24) is 14.7 Å². The minimum absolute atomic E-state index is 0.0639. The van der Waals surface area contributed by atoms with Crippen LogP contribution in [-0.2, 0) is 21.4 Å². The quantitative estimate of drug-likeness (QED) is 0.446. The van der Waals surface area contributed by atoms with Crippen LogP contribution in [0.1, 0.15) is 16.8 Å². The molecular formula is C22H22N4O3S. The smallest absolute Gasteiger partial charge is 0.255 e. The molecule has 3 rings (SSSR count). The predicted octanol–water partition coefficient (Wildman–Crippen LogP) is 2.73. The number of carbonyl (C=O) groups excluding carboxylic acids is 1. The summed E-state index contributed by atoms with van der Waals surface area (Å²) in [6.07, 6.45) is 3.01. The number of nitrogens with one attached hydrogen (secondary N) is 1. The number of aryl methyl sites for hydroxylation is 1. The normalized spacial score (nSPS) is 11.7. The van der Waals surface area contributed by atoms with E-state index in [9.17, 15) is 13.2 Å². The van der Waals surface area contributed by atoms with Gasteiger partial charge in [0.1, 0.15) is 0 Å². The molecule has 3 aromatic rings. The van der Waals surface area contributed by atoms with E-state index in [0.29, 0.717) is 5.69 Å². The van der Waals surface area contributed by atoms with Crippen molar-refractivity contribution in [2.24, 2.45) is 5.10 Å². The van der Waals surface area contributed by atoms with Gasteiger partial charge in [0, 0.05) is 12.7 Å². The molecule has 0 aliphatic rings. The van der Waals surface area contributed by atoms with Crippen molar-refractivity contribution in [2.75, 3.05) is 6.54 Å². The van der Waals surface area contributed by atoms with Crippen LogP contribution in [0.25, 0.3) is 0 Å². The molecule has 0 aliphatic heterocycles. The van der Waals surface area contributed by atoms with Crippen molar-refractivity contribution in [3.63, 3.8) is 0 Å². The lowest BCUT2D eigenvalue weighted by Crippen LogP contribution is -2.39. The average Bonchev–Trinajstić information content (AvgIpc) is 2.75. The summed E-state index contributed by atoms with van der Waals surface area (Å²) < 4.78 is 27.5. The number of hydrazone groups is 1. The molecule has 0 spiro atoms. The molecule has 154 valence electrons. The van der Waals surface area contributed by atoms with Gasteiger partial charge in [-0.05, 0) is 36.8 Å². The van der Waals surface area contributed by atoms with E-state index in [4.69, 9.17) is 0 Å². The molecular weight excluding hydrogens is 400 g/mol. The lowest BCUT2D eigenvalue weighted by Gasteiger charge is -2.21. The van der Waals surface area contributed by atoms with E-state index in [2.05, 4.69) is 15.5 Å². The Morgan fingerprint density at radius 2 is 1.73 bits per heavy atom. The molecule has 30 heavy (non-hydrogen) atoms. The number of hydrogen-bond acceptors (Lipinski definition) is 5. The van der Waals surface area contributed by atoms with Gasteiger partial charge in [0.15, 0.2) is 0 Å². The van der Waals surface area contributed by atoms with E-state index < -0.39 is 15.9 Å². The van der Waals surface area contributed by atoms with E-state index in [-0.39, 0.29) is 18.0 Å². The van der Waals surface area contributed by atoms with Gasteiger partial charge in [0.25, 0.3) is 5.91 Å². The molecule has 7 nitrogen and oxygen atoms in total. The van der Waals surface area contributed by atoms with Gasteiger partial charge >= 0.3 is 0 Å². The third kappa shape index (κ3) is 5.82. The highest BCUT2D eigenvalue weighted by Crippen LogP contribution is 2.19. The van der Waals surface area contributed by atoms with Crippen LogP contribution in [0.2, 0.25) is 0 Å². The summed E-state index contributed by atoms with van der Waals surface area (Å²) in [7, 11) is -3.88. The van der Waals surface area contributed by atoms with Gasteiger partial charge in [-0.15, -0.1) is 0 Å². The van der Waals surface area contributed by atoms with Gasteiger partial charge in [-0.1, -0.05) is 54.1 Å². The number of amides is 1. The number of nitrogens with zero attached hydrogens (tertiary/aromatic N) is 3. The van der Waals surface area contributed by atoms with E-state index in [0.717, 1.165) is 15.4 Å². The van der Waals surface area contributed by atoms with Crippen molar-refractivity contribution in [3.05, 3.63) is 95.8 Å². The van der Waals surface area contributed by atoms with Gasteiger partial charge in [0.2, 0.25) is 10.0 Å². The van der Waals surface area contributed by atoms with Crippen molar-refractivity contribution < 1.29 is 13.2 Å². The molecule has 0 fully saturated rings. The van der Waals surface area contributed by atoms with Crippen molar-refractivity contribution in [3.8, 4) is 0 Å². The van der Waals surface area contributed by atoms with Crippen LogP contribution in [0.5, 0.6) is 0 Å². The Bertz CT molecular complexity index is 1100. The first-order chi connectivity index (χ1) is 14.4. The average molecular weight is 423 g/mol. The zero-order chi connectivity index (χ0) is 21.4. The molecule has 8 heteroatoms. The summed E-state index contributed by atoms with van der Waals surface area (Å²) in [4.78, 5) is 16.6. The highest BCUT2D eigenvalue weighted by Gasteiger charge is 2.26. The van der Waals surface area contributed by atoms with Crippen LogP contribution in [0.15, 0.2) is 89.0 Å². The number of aromatic nitrogens is 1. The number of rotatable bonds is 8. The van der Waals surface area contributed by atoms with E-state index in [1.807, 2.05) is 37.3 Å². The third-order valence-electron chi connectivity index (χ3n) is 4.25. The Hall–Kier alpha value is -3.36. The number of benzene rings is 2. The molecule has 1 amide bonds. The Morgan fingerprint density at radius 3 is 2.40 bits per heavy atom. The topological polar surface area (TPSA) is 91.7 Å². The zero-order valence-electron chi connectivity index (χ0n) is 16.5. The Balaban J connectivity index is 1.77. The minimum Gasteiger partial charge on any atom is -0.272 e. The van der Waals surface area contributed by atoms with Gasteiger partial charge < -0.3 is 0 Å². The second-order valence-electron chi connectivity index (χ2n) is 6.62. The number of hydrogen-bond donors (Lipinski definition) is 1. The van der Waals surface area contributed by atoms with Gasteiger partial charge in [-0.2, -0.15) is 9.41 Å². The summed E-state index contributed by atoms with van der Waals surface area (Å²) in [5, 5.41) is 3.86. The highest BCUT2D eigenvalue weighted by molar-refractivity contribution is 7.89. The maximum absolute atomic E-state index is 13.2. The second-order valence-corrected chi connectivity index (χ2v) is 8.56. The van der Waals surface area contributed by atoms with E-state index in [1.54, 1.807) is 48.7 Å². The standard InChI is InChI=1S/C22H22N4O3S/c1-18-10-12-21(13-11-18)30(28,29)26(16-19-7-3-2-4-8-19)17-22(27)25-24-15-20-9-5-6-14-23-20/h2-15H,16-17H2,1H3,(H,25,27)/b24-15-. The second kappa shape index (κ2) is 9.91. The Labute approximate surface area is 176 Å². The van der Waals surface area contributed by atoms with Crippen LogP contribution in [-0.4, -0.2) is 36.4 Å². The fourth-order valence-electron chi connectivity index (χ4n) is 2.69. The van der Waals surface area contributed by atoms with Gasteiger partial charge in [0.05, 0.1) is 23.3 Å². The molecule has 1 aromatic heterocycles. The van der Waals surface area contributed by atoms with Gasteiger partial charge in [-0.25, -0.2) is 13.8 Å². The summed E-state index contributed by atoms with van der Waals surface area (Å²) in [5.41, 5.74) is 4.66. The summed E-state index contributed by atoms with van der Waals surface area (Å²) >= 11 is 0. The molecule has 0 saturated carbocycles. The lowest BCUT2D eigenvalue weighted by molar-refractivity contribution is -0.121. The lowest BCUT2D eigenvalue weighted by atomic mass is 10.2. The molecule has 1 N–H and O–H groups in total. The third-order valence-corrected chi connectivity index (χ3v) is 6.06. The summed E-state index contributed by atoms with van der Waals surface area (Å²) in [5.74, 6) is -0.547. The van der Waals surface area contributed by atoms with Crippen LogP contribution in [0.4, 0.5) is 0 Å². The maximum atomic E-state index is 13.2. The molecule has 0 saturated heterocycles. The highest BCUT2D eigenvalue weighted by atomic mass is 32.2. The summed E-state index contributed by atoms with van der Waals surface area (Å²) in [6, 6.07) is 21.0. The molecule has 0 radical (unpaired) electrons.